The molecule has 0 saturated heterocycles. The molecule has 0 heterocycles. The van der Waals surface area contributed by atoms with E-state index in [0.717, 1.165) is 21.3 Å². The van der Waals surface area contributed by atoms with Gasteiger partial charge in [0.1, 0.15) is 12.4 Å². The van der Waals surface area contributed by atoms with Crippen molar-refractivity contribution in [2.75, 3.05) is 18.4 Å². The first kappa shape index (κ1) is 25.9. The lowest BCUT2D eigenvalue weighted by Gasteiger charge is -2.14. The van der Waals surface area contributed by atoms with Crippen LogP contribution in [0.2, 0.25) is 5.02 Å². The van der Waals surface area contributed by atoms with Crippen LogP contribution in [0.1, 0.15) is 16.7 Å². The zero-order valence-electron chi connectivity index (χ0n) is 17.4. The molecule has 0 fully saturated rings. The Morgan fingerprint density at radius 1 is 1.06 bits per heavy atom. The number of ether oxygens (including phenoxy) is 1. The molecule has 0 radical (unpaired) electrons. The van der Waals surface area contributed by atoms with E-state index in [1.807, 2.05) is 18.2 Å². The molecule has 9 heteroatoms. The Labute approximate surface area is 207 Å². The second-order valence-electron chi connectivity index (χ2n) is 7.05. The number of hydrogen-bond donors (Lipinski definition) is 2. The van der Waals surface area contributed by atoms with Crippen LogP contribution in [0.15, 0.2) is 65.1 Å². The van der Waals surface area contributed by atoms with Gasteiger partial charge >= 0.3 is 0 Å². The molecule has 0 saturated carbocycles. The topological polar surface area (TPSA) is 76.4 Å². The third-order valence-corrected chi connectivity index (χ3v) is 5.44. The first-order chi connectivity index (χ1) is 14.9. The maximum Gasteiger partial charge on any atom is 0.271 e. The quantitative estimate of drug-likeness (QED) is 0.174. The summed E-state index contributed by atoms with van der Waals surface area (Å²) in [7, 11) is 0. The fourth-order valence-electron chi connectivity index (χ4n) is 2.94. The van der Waals surface area contributed by atoms with Gasteiger partial charge in [-0.2, -0.15) is 0 Å². The lowest BCUT2D eigenvalue weighted by atomic mass is 10.1. The van der Waals surface area contributed by atoms with Crippen molar-refractivity contribution in [3.8, 4) is 5.75 Å². The summed E-state index contributed by atoms with van der Waals surface area (Å²) < 4.78 is 7.03. The lowest BCUT2D eigenvalue weighted by Crippen LogP contribution is -2.22. The van der Waals surface area contributed by atoms with Crippen LogP contribution >= 0.6 is 39.9 Å². The van der Waals surface area contributed by atoms with Gasteiger partial charge < -0.3 is 15.4 Å². The third-order valence-electron chi connectivity index (χ3n) is 4.63. The highest BCUT2D eigenvalue weighted by atomic mass is 79.9. The number of aryl methyl sites for hydroxylation is 1. The Hall–Kier alpha value is -2.32. The van der Waals surface area contributed by atoms with Crippen molar-refractivity contribution in [1.82, 2.24) is 5.32 Å². The second kappa shape index (κ2) is 12.6. The summed E-state index contributed by atoms with van der Waals surface area (Å²) in [4.78, 5) is 10.3. The standard InChI is InChI=1S/C23H23BrClN3O3.ClH/c1-16-2-4-17(5-3-16)15-31-23-9-6-19(24)12-18(23)14-26-10-11-27-22-8-7-20(28(29)30)13-21(22)25;/h2-9,12-13,26-27H,10-11,14-15H2,1H3;1H. The van der Waals surface area contributed by atoms with E-state index in [2.05, 4.69) is 57.8 Å². The summed E-state index contributed by atoms with van der Waals surface area (Å²) >= 11 is 9.62. The number of nitro groups is 1. The number of nitro benzene ring substituents is 1. The molecule has 0 amide bonds. The molecule has 3 aromatic rings. The summed E-state index contributed by atoms with van der Waals surface area (Å²) in [5, 5.41) is 17.7. The molecule has 0 aliphatic carbocycles. The molecule has 6 nitrogen and oxygen atoms in total. The Kier molecular flexibility index (Phi) is 10.3. The fourth-order valence-corrected chi connectivity index (χ4v) is 3.59. The number of non-ortho nitro benzene ring substituents is 1. The fraction of sp³-hybridized carbons (Fsp3) is 0.217. The molecule has 3 aromatic carbocycles. The van der Waals surface area contributed by atoms with E-state index in [0.29, 0.717) is 37.0 Å². The van der Waals surface area contributed by atoms with Crippen molar-refractivity contribution in [3.63, 3.8) is 0 Å². The van der Waals surface area contributed by atoms with Crippen LogP contribution in [0, 0.1) is 17.0 Å². The molecule has 0 aromatic heterocycles. The summed E-state index contributed by atoms with van der Waals surface area (Å²) in [5.41, 5.74) is 4.03. The van der Waals surface area contributed by atoms with Crippen LogP contribution in [0.25, 0.3) is 0 Å². The summed E-state index contributed by atoms with van der Waals surface area (Å²) in [6.45, 7) is 4.50. The molecule has 32 heavy (non-hydrogen) atoms. The van der Waals surface area contributed by atoms with Gasteiger partial charge in [-0.1, -0.05) is 57.4 Å². The number of halogens is 3. The molecule has 0 aliphatic rings. The van der Waals surface area contributed by atoms with Crippen LogP contribution in [0.3, 0.4) is 0 Å². The Bertz CT molecular complexity index is 1050. The van der Waals surface area contributed by atoms with Gasteiger partial charge in [0.15, 0.2) is 0 Å². The van der Waals surface area contributed by atoms with Crippen LogP contribution in [0.5, 0.6) is 5.75 Å². The van der Waals surface area contributed by atoms with E-state index >= 15 is 0 Å². The molecule has 3 rings (SSSR count). The third kappa shape index (κ3) is 7.67. The van der Waals surface area contributed by atoms with Gasteiger partial charge in [-0.05, 0) is 36.8 Å². The van der Waals surface area contributed by atoms with Gasteiger partial charge in [-0.25, -0.2) is 0 Å². The molecule has 2 N–H and O–H groups in total. The summed E-state index contributed by atoms with van der Waals surface area (Å²) in [6.07, 6.45) is 0. The molecule has 170 valence electrons. The smallest absolute Gasteiger partial charge is 0.271 e. The van der Waals surface area contributed by atoms with Crippen molar-refractivity contribution in [2.45, 2.75) is 20.1 Å². The highest BCUT2D eigenvalue weighted by molar-refractivity contribution is 9.10. The first-order valence-electron chi connectivity index (χ1n) is 9.77. The second-order valence-corrected chi connectivity index (χ2v) is 8.37. The minimum Gasteiger partial charge on any atom is -0.489 e. The Balaban J connectivity index is 0.00000363. The maximum atomic E-state index is 10.8. The van der Waals surface area contributed by atoms with Gasteiger partial charge in [0, 0.05) is 41.8 Å². The van der Waals surface area contributed by atoms with Gasteiger partial charge in [-0.3, -0.25) is 10.1 Å². The highest BCUT2D eigenvalue weighted by Gasteiger charge is 2.09. The van der Waals surface area contributed by atoms with E-state index < -0.39 is 4.92 Å². The van der Waals surface area contributed by atoms with Crippen LogP contribution < -0.4 is 15.4 Å². The molecule has 0 atom stereocenters. The van der Waals surface area contributed by atoms with E-state index in [1.165, 1.54) is 17.7 Å². The molecular weight excluding hydrogens is 517 g/mol. The molecule has 0 spiro atoms. The average molecular weight is 541 g/mol. The number of benzene rings is 3. The maximum absolute atomic E-state index is 10.8. The molecule has 0 bridgehead atoms. The van der Waals surface area contributed by atoms with Crippen LogP contribution in [-0.4, -0.2) is 18.0 Å². The van der Waals surface area contributed by atoms with Crippen molar-refractivity contribution in [3.05, 3.63) is 97.0 Å². The van der Waals surface area contributed by atoms with E-state index in [1.54, 1.807) is 6.07 Å². The largest absolute Gasteiger partial charge is 0.489 e. The van der Waals surface area contributed by atoms with Crippen molar-refractivity contribution >= 4 is 51.3 Å². The summed E-state index contributed by atoms with van der Waals surface area (Å²) in [6, 6.07) is 18.7. The normalized spacial score (nSPS) is 10.3. The molecular formula is C23H24BrCl2N3O3. The first-order valence-corrected chi connectivity index (χ1v) is 10.9. The van der Waals surface area contributed by atoms with Crippen molar-refractivity contribution in [1.29, 1.82) is 0 Å². The molecule has 0 aliphatic heterocycles. The van der Waals surface area contributed by atoms with Crippen molar-refractivity contribution < 1.29 is 9.66 Å². The molecule has 0 unspecified atom stereocenters. The SMILES string of the molecule is Cc1ccc(COc2ccc(Br)cc2CNCCNc2ccc([N+](=O)[O-])cc2Cl)cc1.Cl. The number of hydrogen-bond acceptors (Lipinski definition) is 5. The van der Waals surface area contributed by atoms with Crippen LogP contribution in [-0.2, 0) is 13.2 Å². The van der Waals surface area contributed by atoms with E-state index in [-0.39, 0.29) is 18.1 Å². The van der Waals surface area contributed by atoms with Gasteiger partial charge in [0.25, 0.3) is 5.69 Å². The van der Waals surface area contributed by atoms with Crippen molar-refractivity contribution in [2.24, 2.45) is 0 Å². The monoisotopic (exact) mass is 539 g/mol. The minimum absolute atomic E-state index is 0. The Morgan fingerprint density at radius 3 is 2.50 bits per heavy atom. The Morgan fingerprint density at radius 2 is 1.81 bits per heavy atom. The van der Waals surface area contributed by atoms with Crippen LogP contribution in [0.4, 0.5) is 11.4 Å². The zero-order chi connectivity index (χ0) is 22.2. The van der Waals surface area contributed by atoms with Gasteiger partial charge in [-0.15, -0.1) is 12.4 Å². The average Bonchev–Trinajstić information content (AvgIpc) is 2.75. The predicted molar refractivity (Wildman–Crippen MR) is 135 cm³/mol. The number of anilines is 1. The number of nitrogens with one attached hydrogen (secondary N) is 2. The lowest BCUT2D eigenvalue weighted by molar-refractivity contribution is -0.384. The predicted octanol–water partition coefficient (Wildman–Crippen LogP) is 6.52. The highest BCUT2D eigenvalue weighted by Crippen LogP contribution is 2.26. The zero-order valence-corrected chi connectivity index (χ0v) is 20.6. The minimum atomic E-state index is -0.465. The number of nitrogens with zero attached hydrogens (tertiary/aromatic N) is 1. The van der Waals surface area contributed by atoms with Gasteiger partial charge in [0.2, 0.25) is 0 Å². The van der Waals surface area contributed by atoms with Gasteiger partial charge in [0.05, 0.1) is 15.6 Å². The van der Waals surface area contributed by atoms with E-state index in [9.17, 15) is 10.1 Å². The number of rotatable bonds is 10. The summed E-state index contributed by atoms with van der Waals surface area (Å²) in [5.74, 6) is 0.836. The van der Waals surface area contributed by atoms with E-state index in [4.69, 9.17) is 16.3 Å².